The SMILES string of the molecule is CC(C)C(NCc1ccc(F)cc1Br)c1ccc(F)cc1. The van der Waals surface area contributed by atoms with Gasteiger partial charge in [-0.25, -0.2) is 8.78 Å². The molecule has 0 fully saturated rings. The van der Waals surface area contributed by atoms with E-state index >= 15 is 0 Å². The average Bonchev–Trinajstić information content (AvgIpc) is 2.42. The zero-order chi connectivity index (χ0) is 15.4. The van der Waals surface area contributed by atoms with Crippen LogP contribution in [0.25, 0.3) is 0 Å². The lowest BCUT2D eigenvalue weighted by Gasteiger charge is -2.23. The lowest BCUT2D eigenvalue weighted by atomic mass is 9.95. The van der Waals surface area contributed by atoms with Crippen molar-refractivity contribution in [3.05, 3.63) is 69.7 Å². The van der Waals surface area contributed by atoms with Crippen molar-refractivity contribution in [1.82, 2.24) is 5.32 Å². The molecule has 0 saturated heterocycles. The Morgan fingerprint density at radius 1 is 1.00 bits per heavy atom. The molecule has 0 saturated carbocycles. The third-order valence-corrected chi connectivity index (χ3v) is 4.16. The van der Waals surface area contributed by atoms with Gasteiger partial charge in [0.25, 0.3) is 0 Å². The lowest BCUT2D eigenvalue weighted by Crippen LogP contribution is -2.25. The molecule has 2 rings (SSSR count). The minimum absolute atomic E-state index is 0.113. The molecule has 2 aromatic carbocycles. The molecule has 0 aliphatic rings. The van der Waals surface area contributed by atoms with Crippen LogP contribution in [0.1, 0.15) is 31.0 Å². The van der Waals surface area contributed by atoms with Crippen molar-refractivity contribution in [2.45, 2.75) is 26.4 Å². The monoisotopic (exact) mass is 353 g/mol. The maximum absolute atomic E-state index is 13.1. The summed E-state index contributed by atoms with van der Waals surface area (Å²) in [6.45, 7) is 4.84. The predicted octanol–water partition coefficient (Wildman–Crippen LogP) is 5.21. The highest BCUT2D eigenvalue weighted by atomic mass is 79.9. The summed E-state index contributed by atoms with van der Waals surface area (Å²) < 4.78 is 26.9. The first-order valence-corrected chi connectivity index (χ1v) is 7.69. The topological polar surface area (TPSA) is 12.0 Å². The minimum atomic E-state index is -0.260. The van der Waals surface area contributed by atoms with Crippen LogP contribution < -0.4 is 5.32 Å². The summed E-state index contributed by atoms with van der Waals surface area (Å²) in [5.41, 5.74) is 2.04. The molecule has 0 amide bonds. The van der Waals surface area contributed by atoms with E-state index in [1.165, 1.54) is 24.3 Å². The van der Waals surface area contributed by atoms with E-state index in [9.17, 15) is 8.78 Å². The predicted molar refractivity (Wildman–Crippen MR) is 84.9 cm³/mol. The van der Waals surface area contributed by atoms with Crippen LogP contribution in [-0.4, -0.2) is 0 Å². The summed E-state index contributed by atoms with van der Waals surface area (Å²) in [6.07, 6.45) is 0. The molecule has 1 unspecified atom stereocenters. The van der Waals surface area contributed by atoms with Gasteiger partial charge < -0.3 is 5.32 Å². The highest BCUT2D eigenvalue weighted by Gasteiger charge is 2.15. The van der Waals surface area contributed by atoms with Crippen molar-refractivity contribution in [2.24, 2.45) is 5.92 Å². The number of benzene rings is 2. The Hall–Kier alpha value is -1.26. The largest absolute Gasteiger partial charge is 0.306 e. The quantitative estimate of drug-likeness (QED) is 0.777. The normalized spacial score (nSPS) is 12.7. The van der Waals surface area contributed by atoms with Gasteiger partial charge >= 0.3 is 0 Å². The number of halogens is 3. The first kappa shape index (κ1) is 16.1. The first-order valence-electron chi connectivity index (χ1n) is 6.90. The summed E-state index contributed by atoms with van der Waals surface area (Å²) in [7, 11) is 0. The van der Waals surface area contributed by atoms with Crippen molar-refractivity contribution < 1.29 is 8.78 Å². The molecule has 1 nitrogen and oxygen atoms in total. The van der Waals surface area contributed by atoms with Crippen LogP contribution in [0, 0.1) is 17.6 Å². The summed E-state index contributed by atoms with van der Waals surface area (Å²) >= 11 is 3.37. The molecule has 0 aromatic heterocycles. The van der Waals surface area contributed by atoms with E-state index in [4.69, 9.17) is 0 Å². The second-order valence-corrected chi connectivity index (χ2v) is 6.24. The van der Waals surface area contributed by atoms with Gasteiger partial charge in [0.1, 0.15) is 11.6 Å². The van der Waals surface area contributed by atoms with Crippen LogP contribution in [-0.2, 0) is 6.54 Å². The van der Waals surface area contributed by atoms with Crippen molar-refractivity contribution in [3.8, 4) is 0 Å². The number of hydrogen-bond donors (Lipinski definition) is 1. The first-order chi connectivity index (χ1) is 9.97. The van der Waals surface area contributed by atoms with Gasteiger partial charge in [-0.15, -0.1) is 0 Å². The Bertz CT molecular complexity index is 596. The molecule has 0 aliphatic heterocycles. The Labute approximate surface area is 132 Å². The average molecular weight is 354 g/mol. The summed E-state index contributed by atoms with van der Waals surface area (Å²) in [5.74, 6) is -0.137. The number of rotatable bonds is 5. The summed E-state index contributed by atoms with van der Waals surface area (Å²) in [4.78, 5) is 0. The third kappa shape index (κ3) is 4.35. The van der Waals surface area contributed by atoms with Crippen LogP contribution in [0.4, 0.5) is 8.78 Å². The fraction of sp³-hybridized carbons (Fsp3) is 0.294. The number of hydrogen-bond acceptors (Lipinski definition) is 1. The van der Waals surface area contributed by atoms with Crippen LogP contribution in [0.5, 0.6) is 0 Å². The van der Waals surface area contributed by atoms with Crippen molar-refractivity contribution in [2.75, 3.05) is 0 Å². The standard InChI is InChI=1S/C17H18BrF2N/c1-11(2)17(12-3-6-14(19)7-4-12)21-10-13-5-8-15(20)9-16(13)18/h3-9,11,17,21H,10H2,1-2H3. The molecular weight excluding hydrogens is 336 g/mol. The third-order valence-electron chi connectivity index (χ3n) is 3.42. The van der Waals surface area contributed by atoms with Crippen LogP contribution in [0.2, 0.25) is 0 Å². The fourth-order valence-electron chi connectivity index (χ4n) is 2.29. The fourth-order valence-corrected chi connectivity index (χ4v) is 2.78. The van der Waals surface area contributed by atoms with Gasteiger partial charge in [-0.05, 0) is 41.3 Å². The molecule has 4 heteroatoms. The molecule has 0 radical (unpaired) electrons. The second kappa shape index (κ2) is 7.14. The molecule has 0 heterocycles. The molecule has 0 bridgehead atoms. The highest BCUT2D eigenvalue weighted by molar-refractivity contribution is 9.10. The molecule has 2 aromatic rings. The maximum atomic E-state index is 13.1. The van der Waals surface area contributed by atoms with E-state index in [1.54, 1.807) is 18.2 Å². The van der Waals surface area contributed by atoms with E-state index in [0.717, 1.165) is 15.6 Å². The Balaban J connectivity index is 2.12. The van der Waals surface area contributed by atoms with Gasteiger partial charge in [-0.1, -0.05) is 48.0 Å². The highest BCUT2D eigenvalue weighted by Crippen LogP contribution is 2.24. The molecule has 0 spiro atoms. The lowest BCUT2D eigenvalue weighted by molar-refractivity contribution is 0.409. The van der Waals surface area contributed by atoms with Gasteiger partial charge in [-0.3, -0.25) is 0 Å². The van der Waals surface area contributed by atoms with Gasteiger partial charge in [0.15, 0.2) is 0 Å². The van der Waals surface area contributed by atoms with Gasteiger partial charge in [0.2, 0.25) is 0 Å². The van der Waals surface area contributed by atoms with E-state index in [1.807, 2.05) is 0 Å². The Kier molecular flexibility index (Phi) is 5.48. The van der Waals surface area contributed by atoms with E-state index in [2.05, 4.69) is 35.1 Å². The van der Waals surface area contributed by atoms with Crippen LogP contribution in [0.15, 0.2) is 46.9 Å². The molecule has 1 atom stereocenters. The molecule has 1 N–H and O–H groups in total. The summed E-state index contributed by atoms with van der Waals surface area (Å²) in [5, 5.41) is 3.46. The van der Waals surface area contributed by atoms with Gasteiger partial charge in [-0.2, -0.15) is 0 Å². The molecule has 0 aliphatic carbocycles. The zero-order valence-corrected chi connectivity index (χ0v) is 13.6. The van der Waals surface area contributed by atoms with Gasteiger partial charge in [0.05, 0.1) is 0 Å². The van der Waals surface area contributed by atoms with Crippen molar-refractivity contribution in [1.29, 1.82) is 0 Å². The molecular formula is C17H18BrF2N. The van der Waals surface area contributed by atoms with Gasteiger partial charge in [0, 0.05) is 17.1 Å². The van der Waals surface area contributed by atoms with Crippen LogP contribution in [0.3, 0.4) is 0 Å². The second-order valence-electron chi connectivity index (χ2n) is 5.39. The van der Waals surface area contributed by atoms with E-state index in [0.29, 0.717) is 12.5 Å². The van der Waals surface area contributed by atoms with Crippen molar-refractivity contribution in [3.63, 3.8) is 0 Å². The Morgan fingerprint density at radius 2 is 1.62 bits per heavy atom. The molecule has 21 heavy (non-hydrogen) atoms. The van der Waals surface area contributed by atoms with E-state index < -0.39 is 0 Å². The Morgan fingerprint density at radius 3 is 2.19 bits per heavy atom. The zero-order valence-electron chi connectivity index (χ0n) is 12.0. The van der Waals surface area contributed by atoms with Crippen molar-refractivity contribution >= 4 is 15.9 Å². The minimum Gasteiger partial charge on any atom is -0.306 e. The maximum Gasteiger partial charge on any atom is 0.124 e. The summed E-state index contributed by atoms with van der Waals surface area (Å²) in [6, 6.07) is 11.3. The van der Waals surface area contributed by atoms with E-state index in [-0.39, 0.29) is 17.7 Å². The molecule has 112 valence electrons. The van der Waals surface area contributed by atoms with Crippen LogP contribution >= 0.6 is 15.9 Å². The number of nitrogens with one attached hydrogen (secondary N) is 1. The smallest absolute Gasteiger partial charge is 0.124 e.